The summed E-state index contributed by atoms with van der Waals surface area (Å²) in [5.41, 5.74) is 0.839. The van der Waals surface area contributed by atoms with Gasteiger partial charge in [0, 0.05) is 11.8 Å². The maximum atomic E-state index is 11.5. The van der Waals surface area contributed by atoms with Gasteiger partial charge in [0.2, 0.25) is 0 Å². The molecule has 2 aromatic rings. The third kappa shape index (κ3) is 3.38. The van der Waals surface area contributed by atoms with Crippen LogP contribution in [0.25, 0.3) is 0 Å². The normalized spacial score (nSPS) is 18.2. The average molecular weight is 340 g/mol. The van der Waals surface area contributed by atoms with E-state index in [1.54, 1.807) is 12.1 Å². The molecule has 0 saturated carbocycles. The highest BCUT2D eigenvalue weighted by atomic mass is 16.7. The Morgan fingerprint density at radius 1 is 1.00 bits per heavy atom. The second-order valence-electron chi connectivity index (χ2n) is 7.11. The average Bonchev–Trinajstić information content (AvgIpc) is 2.76. The van der Waals surface area contributed by atoms with Crippen LogP contribution in [0, 0.1) is 10.1 Å². The Kier molecular flexibility index (Phi) is 4.30. The van der Waals surface area contributed by atoms with Gasteiger partial charge in [0.25, 0.3) is 5.69 Å². The summed E-state index contributed by atoms with van der Waals surface area (Å²) in [5, 5.41) is 14.6. The molecule has 0 amide bonds. The van der Waals surface area contributed by atoms with Gasteiger partial charge in [-0.25, -0.2) is 0 Å². The minimum Gasteiger partial charge on any atom is -0.399 e. The number of benzene rings is 2. The van der Waals surface area contributed by atoms with E-state index in [9.17, 15) is 10.1 Å². The van der Waals surface area contributed by atoms with Crippen LogP contribution in [-0.2, 0) is 9.31 Å². The molecule has 7 heteroatoms. The highest BCUT2D eigenvalue weighted by molar-refractivity contribution is 6.62. The molecule has 1 fully saturated rings. The van der Waals surface area contributed by atoms with Crippen LogP contribution in [0.15, 0.2) is 48.5 Å². The summed E-state index contributed by atoms with van der Waals surface area (Å²) in [5.74, 6) is 0. The molecule has 0 atom stereocenters. The second-order valence-corrected chi connectivity index (χ2v) is 7.11. The SMILES string of the molecule is CC1(C)OB(c2ccc(Nc3ccccc3)c([N+](=O)[O-])c2)OC1(C)C. The molecule has 2 aromatic carbocycles. The largest absolute Gasteiger partial charge is 0.495 e. The molecule has 0 bridgehead atoms. The Bertz CT molecular complexity index is 777. The number of hydrogen-bond donors (Lipinski definition) is 1. The van der Waals surface area contributed by atoms with Gasteiger partial charge >= 0.3 is 7.12 Å². The molecule has 3 rings (SSSR count). The Balaban J connectivity index is 1.91. The van der Waals surface area contributed by atoms with E-state index in [4.69, 9.17) is 9.31 Å². The van der Waals surface area contributed by atoms with Crippen molar-refractivity contribution in [3.63, 3.8) is 0 Å². The summed E-state index contributed by atoms with van der Waals surface area (Å²) in [6, 6.07) is 14.3. The van der Waals surface area contributed by atoms with Crippen LogP contribution in [0.2, 0.25) is 0 Å². The molecular weight excluding hydrogens is 319 g/mol. The summed E-state index contributed by atoms with van der Waals surface area (Å²) in [7, 11) is -0.630. The first-order chi connectivity index (χ1) is 11.7. The first-order valence-corrected chi connectivity index (χ1v) is 8.16. The lowest BCUT2D eigenvalue weighted by molar-refractivity contribution is -0.383. The minimum absolute atomic E-state index is 0.0175. The third-order valence-corrected chi connectivity index (χ3v) is 4.80. The zero-order valence-corrected chi connectivity index (χ0v) is 14.8. The topological polar surface area (TPSA) is 73.6 Å². The standard InChI is InChI=1S/C18H21BN2O4/c1-17(2)18(3,4)25-19(24-17)13-10-11-15(16(12-13)21(22)23)20-14-8-6-5-7-9-14/h5-12,20H,1-4H3. The molecular formula is C18H21BN2O4. The van der Waals surface area contributed by atoms with Gasteiger partial charge in [0.15, 0.2) is 0 Å². The number of nitrogens with one attached hydrogen (secondary N) is 1. The molecule has 0 spiro atoms. The molecule has 1 saturated heterocycles. The van der Waals surface area contributed by atoms with Crippen molar-refractivity contribution >= 4 is 29.6 Å². The number of nitro benzene ring substituents is 1. The Morgan fingerprint density at radius 3 is 2.16 bits per heavy atom. The van der Waals surface area contributed by atoms with Crippen LogP contribution in [-0.4, -0.2) is 23.2 Å². The summed E-state index contributed by atoms with van der Waals surface area (Å²) in [6.07, 6.45) is 0. The van der Waals surface area contributed by atoms with Crippen LogP contribution in [0.3, 0.4) is 0 Å². The Labute approximate surface area is 147 Å². The molecule has 130 valence electrons. The van der Waals surface area contributed by atoms with Crippen LogP contribution < -0.4 is 10.8 Å². The molecule has 1 heterocycles. The lowest BCUT2D eigenvalue weighted by atomic mass is 9.79. The summed E-state index contributed by atoms with van der Waals surface area (Å²) < 4.78 is 12.0. The van der Waals surface area contributed by atoms with Crippen molar-refractivity contribution in [2.24, 2.45) is 0 Å². The molecule has 0 aliphatic carbocycles. The molecule has 0 unspecified atom stereocenters. The van der Waals surface area contributed by atoms with Gasteiger partial charge in [0.05, 0.1) is 16.1 Å². The van der Waals surface area contributed by atoms with Gasteiger partial charge in [-0.15, -0.1) is 0 Å². The van der Waals surface area contributed by atoms with Crippen LogP contribution >= 0.6 is 0 Å². The molecule has 1 aliphatic rings. The van der Waals surface area contributed by atoms with E-state index < -0.39 is 23.2 Å². The lowest BCUT2D eigenvalue weighted by Crippen LogP contribution is -2.41. The summed E-state index contributed by atoms with van der Waals surface area (Å²) in [4.78, 5) is 11.1. The van der Waals surface area contributed by atoms with Crippen molar-refractivity contribution in [3.05, 3.63) is 58.6 Å². The number of nitro groups is 1. The molecule has 0 radical (unpaired) electrons. The third-order valence-electron chi connectivity index (χ3n) is 4.80. The number of rotatable bonds is 4. The van der Waals surface area contributed by atoms with E-state index >= 15 is 0 Å². The fourth-order valence-corrected chi connectivity index (χ4v) is 2.61. The van der Waals surface area contributed by atoms with Crippen molar-refractivity contribution < 1.29 is 14.2 Å². The number of nitrogens with zero attached hydrogens (tertiary/aromatic N) is 1. The van der Waals surface area contributed by atoms with E-state index in [0.29, 0.717) is 11.2 Å². The monoisotopic (exact) mass is 340 g/mol. The molecule has 1 N–H and O–H groups in total. The van der Waals surface area contributed by atoms with Crippen molar-refractivity contribution in [1.29, 1.82) is 0 Å². The van der Waals surface area contributed by atoms with Gasteiger partial charge in [-0.2, -0.15) is 0 Å². The fourth-order valence-electron chi connectivity index (χ4n) is 2.61. The van der Waals surface area contributed by atoms with E-state index in [0.717, 1.165) is 5.69 Å². The van der Waals surface area contributed by atoms with Crippen molar-refractivity contribution in [3.8, 4) is 0 Å². The zero-order valence-electron chi connectivity index (χ0n) is 14.8. The van der Waals surface area contributed by atoms with Crippen LogP contribution in [0.1, 0.15) is 27.7 Å². The fraction of sp³-hybridized carbons (Fsp3) is 0.333. The second kappa shape index (κ2) is 6.17. The molecule has 6 nitrogen and oxygen atoms in total. The number of anilines is 2. The summed E-state index contributed by atoms with van der Waals surface area (Å²) >= 11 is 0. The van der Waals surface area contributed by atoms with Crippen LogP contribution in [0.5, 0.6) is 0 Å². The van der Waals surface area contributed by atoms with E-state index in [2.05, 4.69) is 5.32 Å². The Hall–Kier alpha value is -2.38. The zero-order chi connectivity index (χ0) is 18.2. The smallest absolute Gasteiger partial charge is 0.399 e. The van der Waals surface area contributed by atoms with E-state index in [1.807, 2.05) is 58.0 Å². The van der Waals surface area contributed by atoms with E-state index in [1.165, 1.54) is 6.07 Å². The molecule has 25 heavy (non-hydrogen) atoms. The minimum atomic E-state index is -0.630. The maximum Gasteiger partial charge on any atom is 0.495 e. The van der Waals surface area contributed by atoms with E-state index in [-0.39, 0.29) is 5.69 Å². The highest BCUT2D eigenvalue weighted by Gasteiger charge is 2.52. The number of hydrogen-bond acceptors (Lipinski definition) is 5. The Morgan fingerprint density at radius 2 is 1.60 bits per heavy atom. The van der Waals surface area contributed by atoms with Crippen molar-refractivity contribution in [2.45, 2.75) is 38.9 Å². The maximum absolute atomic E-state index is 11.5. The predicted octanol–water partition coefficient (Wildman–Crippen LogP) is 3.64. The predicted molar refractivity (Wildman–Crippen MR) is 98.5 cm³/mol. The number of para-hydroxylation sites is 1. The summed E-state index contributed by atoms with van der Waals surface area (Å²) in [6.45, 7) is 7.80. The van der Waals surface area contributed by atoms with Crippen molar-refractivity contribution in [2.75, 3.05) is 5.32 Å². The van der Waals surface area contributed by atoms with Gasteiger partial charge in [-0.05, 0) is 51.4 Å². The highest BCUT2D eigenvalue weighted by Crippen LogP contribution is 2.37. The van der Waals surface area contributed by atoms with Gasteiger partial charge in [0.1, 0.15) is 5.69 Å². The van der Waals surface area contributed by atoms with Crippen LogP contribution in [0.4, 0.5) is 17.1 Å². The molecule has 1 aliphatic heterocycles. The first-order valence-electron chi connectivity index (χ1n) is 8.16. The van der Waals surface area contributed by atoms with Gasteiger partial charge in [-0.1, -0.05) is 24.3 Å². The first kappa shape index (κ1) is 17.4. The quantitative estimate of drug-likeness (QED) is 0.523. The lowest BCUT2D eigenvalue weighted by Gasteiger charge is -2.32. The van der Waals surface area contributed by atoms with Crippen molar-refractivity contribution in [1.82, 2.24) is 0 Å². The molecule has 0 aromatic heterocycles. The van der Waals surface area contributed by atoms with Gasteiger partial charge in [-0.3, -0.25) is 10.1 Å². The van der Waals surface area contributed by atoms with Gasteiger partial charge < -0.3 is 14.6 Å².